The van der Waals surface area contributed by atoms with Crippen molar-refractivity contribution in [3.05, 3.63) is 0 Å². The summed E-state index contributed by atoms with van der Waals surface area (Å²) in [5.74, 6) is 0.410. The maximum Gasteiger partial charge on any atom is 0.156 e. The lowest BCUT2D eigenvalue weighted by Crippen LogP contribution is -2.15. The average Bonchev–Trinajstić information content (AvgIpc) is 1.93. The molecule has 2 saturated heterocycles. The van der Waals surface area contributed by atoms with E-state index in [1.807, 2.05) is 13.8 Å². The van der Waals surface area contributed by atoms with Crippen molar-refractivity contribution in [3.8, 4) is 0 Å². The van der Waals surface area contributed by atoms with Gasteiger partial charge in [0.25, 0.3) is 0 Å². The molecule has 58 valence electrons. The van der Waals surface area contributed by atoms with E-state index in [9.17, 15) is 8.42 Å². The van der Waals surface area contributed by atoms with Crippen molar-refractivity contribution in [1.29, 1.82) is 0 Å². The van der Waals surface area contributed by atoms with Crippen LogP contribution in [0.1, 0.15) is 13.8 Å². The molecule has 0 aromatic carbocycles. The first-order chi connectivity index (χ1) is 4.37. The van der Waals surface area contributed by atoms with E-state index in [1.165, 1.54) is 0 Å². The molecule has 2 aliphatic heterocycles. The lowest BCUT2D eigenvalue weighted by Gasteiger charge is -1.97. The summed E-state index contributed by atoms with van der Waals surface area (Å²) >= 11 is 0. The van der Waals surface area contributed by atoms with Gasteiger partial charge in [0.05, 0.1) is 11.5 Å². The number of fused-ring (bicyclic) bond motifs is 1. The van der Waals surface area contributed by atoms with E-state index >= 15 is 0 Å². The van der Waals surface area contributed by atoms with Crippen molar-refractivity contribution in [3.63, 3.8) is 0 Å². The third-order valence-corrected chi connectivity index (χ3v) is 4.50. The molecule has 3 nitrogen and oxygen atoms in total. The first-order valence-corrected chi connectivity index (χ1v) is 5.10. The number of sulfone groups is 1. The lowest BCUT2D eigenvalue weighted by atomic mass is 10.0. The summed E-state index contributed by atoms with van der Waals surface area (Å²) < 4.78 is 27.3. The van der Waals surface area contributed by atoms with Gasteiger partial charge in [-0.2, -0.15) is 0 Å². The molecule has 0 N–H and O–H groups in total. The van der Waals surface area contributed by atoms with Gasteiger partial charge in [-0.15, -0.1) is 0 Å². The SMILES string of the molecule is CC12CS(=O)(=O)CC1(C)O2. The van der Waals surface area contributed by atoms with E-state index in [0.717, 1.165) is 0 Å². The summed E-state index contributed by atoms with van der Waals surface area (Å²) in [6.07, 6.45) is 0. The monoisotopic (exact) mass is 162 g/mol. The Morgan fingerprint density at radius 3 is 1.80 bits per heavy atom. The molecule has 0 aromatic heterocycles. The zero-order valence-corrected chi connectivity index (χ0v) is 6.86. The summed E-state index contributed by atoms with van der Waals surface area (Å²) in [5.41, 5.74) is -0.711. The highest BCUT2D eigenvalue weighted by Gasteiger charge is 2.71. The van der Waals surface area contributed by atoms with Crippen molar-refractivity contribution >= 4 is 9.84 Å². The smallest absolute Gasteiger partial charge is 0.156 e. The zero-order valence-electron chi connectivity index (χ0n) is 6.05. The maximum absolute atomic E-state index is 11.0. The van der Waals surface area contributed by atoms with Gasteiger partial charge in [0.15, 0.2) is 9.84 Å². The van der Waals surface area contributed by atoms with Crippen LogP contribution in [0.5, 0.6) is 0 Å². The molecule has 2 aliphatic rings. The minimum absolute atomic E-state index is 0.205. The van der Waals surface area contributed by atoms with Crippen molar-refractivity contribution < 1.29 is 13.2 Å². The van der Waals surface area contributed by atoms with Crippen LogP contribution in [0.3, 0.4) is 0 Å². The summed E-state index contributed by atoms with van der Waals surface area (Å²) in [6.45, 7) is 3.72. The second-order valence-electron chi connectivity index (χ2n) is 3.60. The van der Waals surface area contributed by atoms with E-state index in [0.29, 0.717) is 0 Å². The second-order valence-corrected chi connectivity index (χ2v) is 5.66. The molecule has 0 spiro atoms. The fourth-order valence-electron chi connectivity index (χ4n) is 1.73. The molecule has 2 heterocycles. The largest absolute Gasteiger partial charge is 0.361 e. The van der Waals surface area contributed by atoms with Gasteiger partial charge in [-0.25, -0.2) is 8.42 Å². The first kappa shape index (κ1) is 6.61. The Morgan fingerprint density at radius 1 is 1.20 bits per heavy atom. The molecule has 4 heteroatoms. The Kier molecular flexibility index (Phi) is 0.843. The number of rotatable bonds is 0. The second kappa shape index (κ2) is 1.28. The molecule has 2 fully saturated rings. The number of hydrogen-bond acceptors (Lipinski definition) is 3. The predicted octanol–water partition coefficient (Wildman–Crippen LogP) is -0.0376. The molecular formula is C6H10O3S. The van der Waals surface area contributed by atoms with Crippen molar-refractivity contribution in [1.82, 2.24) is 0 Å². The van der Waals surface area contributed by atoms with Gasteiger partial charge in [0.1, 0.15) is 11.2 Å². The molecule has 0 amide bonds. The molecule has 0 saturated carbocycles. The third-order valence-electron chi connectivity index (χ3n) is 2.52. The maximum atomic E-state index is 11.0. The van der Waals surface area contributed by atoms with Crippen molar-refractivity contribution in [2.75, 3.05) is 11.5 Å². The van der Waals surface area contributed by atoms with Crippen LogP contribution in [-0.4, -0.2) is 31.1 Å². The quantitative estimate of drug-likeness (QED) is 0.470. The van der Waals surface area contributed by atoms with Crippen molar-refractivity contribution in [2.24, 2.45) is 0 Å². The van der Waals surface area contributed by atoms with E-state index in [2.05, 4.69) is 0 Å². The van der Waals surface area contributed by atoms with E-state index in [1.54, 1.807) is 0 Å². The lowest BCUT2D eigenvalue weighted by molar-refractivity contribution is 0.289. The number of hydrogen-bond donors (Lipinski definition) is 0. The highest BCUT2D eigenvalue weighted by Crippen LogP contribution is 2.54. The Balaban J connectivity index is 2.40. The summed E-state index contributed by atoms with van der Waals surface area (Å²) in [5, 5.41) is 0. The standard InChI is InChI=1S/C6H10O3S/c1-5-3-10(7,8)4-6(5,2)9-5/h3-4H2,1-2H3. The minimum Gasteiger partial charge on any atom is -0.361 e. The molecule has 0 aromatic rings. The van der Waals surface area contributed by atoms with Crippen LogP contribution in [-0.2, 0) is 14.6 Å². The van der Waals surface area contributed by atoms with Gasteiger partial charge in [0.2, 0.25) is 0 Å². The summed E-state index contributed by atoms with van der Waals surface area (Å²) in [6, 6.07) is 0. The molecule has 0 bridgehead atoms. The van der Waals surface area contributed by atoms with Gasteiger partial charge in [-0.05, 0) is 13.8 Å². The topological polar surface area (TPSA) is 46.7 Å². The number of ether oxygens (including phenoxy) is 1. The van der Waals surface area contributed by atoms with Crippen LogP contribution >= 0.6 is 0 Å². The van der Waals surface area contributed by atoms with Crippen LogP contribution in [0.2, 0.25) is 0 Å². The molecule has 2 unspecified atom stereocenters. The average molecular weight is 162 g/mol. The van der Waals surface area contributed by atoms with Gasteiger partial charge < -0.3 is 4.74 Å². The van der Waals surface area contributed by atoms with E-state index in [-0.39, 0.29) is 22.7 Å². The zero-order chi connectivity index (χ0) is 7.62. The van der Waals surface area contributed by atoms with Gasteiger partial charge in [-0.1, -0.05) is 0 Å². The van der Waals surface area contributed by atoms with Crippen molar-refractivity contribution in [2.45, 2.75) is 25.0 Å². The molecule has 2 rings (SSSR count). The molecule has 0 radical (unpaired) electrons. The Hall–Kier alpha value is -0.0900. The van der Waals surface area contributed by atoms with Crippen LogP contribution in [0, 0.1) is 0 Å². The highest BCUT2D eigenvalue weighted by molar-refractivity contribution is 7.91. The molecular weight excluding hydrogens is 152 g/mol. The Bertz CT molecular complexity index is 259. The molecule has 0 aliphatic carbocycles. The summed E-state index contributed by atoms with van der Waals surface area (Å²) in [4.78, 5) is 0. The first-order valence-electron chi connectivity index (χ1n) is 3.28. The van der Waals surface area contributed by atoms with E-state index < -0.39 is 9.84 Å². The normalized spacial score (nSPS) is 56.2. The molecule has 10 heavy (non-hydrogen) atoms. The minimum atomic E-state index is -2.79. The number of epoxide rings is 1. The van der Waals surface area contributed by atoms with Crippen LogP contribution in [0.15, 0.2) is 0 Å². The highest BCUT2D eigenvalue weighted by atomic mass is 32.2. The van der Waals surface area contributed by atoms with Gasteiger partial charge in [0, 0.05) is 0 Å². The third kappa shape index (κ3) is 0.609. The van der Waals surface area contributed by atoms with Gasteiger partial charge in [-0.3, -0.25) is 0 Å². The Morgan fingerprint density at radius 2 is 1.60 bits per heavy atom. The summed E-state index contributed by atoms with van der Waals surface area (Å²) in [7, 11) is -2.79. The van der Waals surface area contributed by atoms with Gasteiger partial charge >= 0.3 is 0 Å². The van der Waals surface area contributed by atoms with Crippen LogP contribution in [0.4, 0.5) is 0 Å². The fraction of sp³-hybridized carbons (Fsp3) is 1.00. The van der Waals surface area contributed by atoms with Crippen LogP contribution < -0.4 is 0 Å². The fourth-order valence-corrected chi connectivity index (χ4v) is 4.24. The van der Waals surface area contributed by atoms with E-state index in [4.69, 9.17) is 4.74 Å². The van der Waals surface area contributed by atoms with Crippen LogP contribution in [0.25, 0.3) is 0 Å². The molecule has 2 atom stereocenters. The Labute approximate surface area is 60.3 Å². The predicted molar refractivity (Wildman–Crippen MR) is 36.5 cm³/mol.